The van der Waals surface area contributed by atoms with Gasteiger partial charge in [-0.1, -0.05) is 37.3 Å². The van der Waals surface area contributed by atoms with E-state index in [2.05, 4.69) is 35.3 Å². The van der Waals surface area contributed by atoms with E-state index in [0.29, 0.717) is 6.04 Å². The van der Waals surface area contributed by atoms with Crippen LogP contribution in [0, 0.1) is 0 Å². The van der Waals surface area contributed by atoms with E-state index in [1.807, 2.05) is 36.4 Å². The third-order valence-corrected chi connectivity index (χ3v) is 4.20. The minimum atomic E-state index is 0. The number of para-hydroxylation sites is 1. The number of nitrogens with one attached hydrogen (secondary N) is 1. The summed E-state index contributed by atoms with van der Waals surface area (Å²) in [6, 6.07) is 19.0. The first-order valence-electron chi connectivity index (χ1n) is 8.14. The van der Waals surface area contributed by atoms with E-state index in [1.165, 1.54) is 5.56 Å². The van der Waals surface area contributed by atoms with Crippen LogP contribution < -0.4 is 10.1 Å². The van der Waals surface area contributed by atoms with Crippen LogP contribution in [0.1, 0.15) is 24.9 Å². The van der Waals surface area contributed by atoms with Gasteiger partial charge in [-0.05, 0) is 36.2 Å². The molecule has 0 radical (unpaired) electrons. The van der Waals surface area contributed by atoms with Crippen molar-refractivity contribution in [3.05, 3.63) is 60.2 Å². The van der Waals surface area contributed by atoms with Gasteiger partial charge < -0.3 is 10.1 Å². The molecule has 1 heterocycles. The van der Waals surface area contributed by atoms with Crippen molar-refractivity contribution in [3.63, 3.8) is 0 Å². The van der Waals surface area contributed by atoms with Gasteiger partial charge in [0.05, 0.1) is 0 Å². The molecule has 0 saturated carbocycles. The van der Waals surface area contributed by atoms with Crippen molar-refractivity contribution in [1.82, 2.24) is 10.2 Å². The molecule has 1 aliphatic rings. The second kappa shape index (κ2) is 10.6. The second-order valence-electron chi connectivity index (χ2n) is 5.70. The molecule has 1 N–H and O–H groups in total. The topological polar surface area (TPSA) is 24.5 Å². The van der Waals surface area contributed by atoms with Crippen LogP contribution in [0.3, 0.4) is 0 Å². The maximum atomic E-state index is 5.97. The van der Waals surface area contributed by atoms with E-state index in [4.69, 9.17) is 4.74 Å². The van der Waals surface area contributed by atoms with Crippen molar-refractivity contribution >= 4 is 24.8 Å². The summed E-state index contributed by atoms with van der Waals surface area (Å²) in [7, 11) is 0. The first-order valence-corrected chi connectivity index (χ1v) is 8.14. The van der Waals surface area contributed by atoms with Crippen molar-refractivity contribution in [2.24, 2.45) is 0 Å². The molecule has 24 heavy (non-hydrogen) atoms. The monoisotopic (exact) mass is 368 g/mol. The summed E-state index contributed by atoms with van der Waals surface area (Å²) in [6.07, 6.45) is 1.12. The molecule has 0 unspecified atom stereocenters. The molecule has 0 amide bonds. The van der Waals surface area contributed by atoms with E-state index >= 15 is 0 Å². The Bertz CT molecular complexity index is 589. The number of rotatable bonds is 5. The maximum absolute atomic E-state index is 5.97. The standard InChI is InChI=1S/C19H24N2O.2ClH/c1-2-19(21-13-11-20-12-14-21)16-7-6-10-18(15-16)22-17-8-4-3-5-9-17;;/h3-10,15,19-20H,2,11-14H2,1H3;2*1H/t19-;;/m0../s1. The van der Waals surface area contributed by atoms with Crippen LogP contribution in [-0.2, 0) is 0 Å². The number of hydrogen-bond donors (Lipinski definition) is 1. The second-order valence-corrected chi connectivity index (χ2v) is 5.70. The highest BCUT2D eigenvalue weighted by Gasteiger charge is 2.20. The van der Waals surface area contributed by atoms with E-state index < -0.39 is 0 Å². The van der Waals surface area contributed by atoms with Crippen molar-refractivity contribution in [2.75, 3.05) is 26.2 Å². The molecule has 1 fully saturated rings. The van der Waals surface area contributed by atoms with Gasteiger partial charge >= 0.3 is 0 Å². The van der Waals surface area contributed by atoms with Crippen LogP contribution in [0.5, 0.6) is 11.5 Å². The number of halogens is 2. The molecule has 2 aromatic rings. The van der Waals surface area contributed by atoms with Crippen LogP contribution in [0.4, 0.5) is 0 Å². The average molecular weight is 369 g/mol. The smallest absolute Gasteiger partial charge is 0.127 e. The van der Waals surface area contributed by atoms with Crippen LogP contribution in [0.2, 0.25) is 0 Å². The molecule has 0 bridgehead atoms. The first kappa shape index (κ1) is 20.8. The van der Waals surface area contributed by atoms with Crippen molar-refractivity contribution in [2.45, 2.75) is 19.4 Å². The van der Waals surface area contributed by atoms with Gasteiger partial charge in [0, 0.05) is 32.2 Å². The van der Waals surface area contributed by atoms with Crippen molar-refractivity contribution in [3.8, 4) is 11.5 Å². The van der Waals surface area contributed by atoms with E-state index in [1.54, 1.807) is 0 Å². The van der Waals surface area contributed by atoms with Gasteiger partial charge in [0.15, 0.2) is 0 Å². The zero-order valence-electron chi connectivity index (χ0n) is 14.0. The zero-order valence-corrected chi connectivity index (χ0v) is 15.6. The number of benzene rings is 2. The Labute approximate surface area is 157 Å². The Morgan fingerprint density at radius 2 is 1.62 bits per heavy atom. The third kappa shape index (κ3) is 5.38. The summed E-state index contributed by atoms with van der Waals surface area (Å²) in [5, 5.41) is 3.42. The van der Waals surface area contributed by atoms with Crippen molar-refractivity contribution < 1.29 is 4.74 Å². The highest BCUT2D eigenvalue weighted by atomic mass is 35.5. The largest absolute Gasteiger partial charge is 0.457 e. The molecule has 5 heteroatoms. The molecule has 0 aromatic heterocycles. The van der Waals surface area contributed by atoms with Gasteiger partial charge in [0.2, 0.25) is 0 Å². The SMILES string of the molecule is CC[C@@H](c1cccc(Oc2ccccc2)c1)N1CCNCC1.Cl.Cl. The fourth-order valence-electron chi connectivity index (χ4n) is 3.11. The molecule has 3 nitrogen and oxygen atoms in total. The molecule has 1 atom stereocenters. The van der Waals surface area contributed by atoms with Gasteiger partial charge in [-0.3, -0.25) is 4.90 Å². The summed E-state index contributed by atoms with van der Waals surface area (Å²) in [5.74, 6) is 1.80. The molecular weight excluding hydrogens is 343 g/mol. The lowest BCUT2D eigenvalue weighted by atomic mass is 10.0. The summed E-state index contributed by atoms with van der Waals surface area (Å²) >= 11 is 0. The van der Waals surface area contributed by atoms with E-state index in [9.17, 15) is 0 Å². The Morgan fingerprint density at radius 1 is 0.958 bits per heavy atom. The normalized spacial score (nSPS) is 15.7. The molecule has 3 rings (SSSR count). The minimum absolute atomic E-state index is 0. The lowest BCUT2D eigenvalue weighted by molar-refractivity contribution is 0.169. The summed E-state index contributed by atoms with van der Waals surface area (Å²) in [6.45, 7) is 6.65. The van der Waals surface area contributed by atoms with Crippen LogP contribution in [0.15, 0.2) is 54.6 Å². The molecule has 0 aliphatic carbocycles. The van der Waals surface area contributed by atoms with Crippen LogP contribution in [0.25, 0.3) is 0 Å². The molecule has 1 saturated heterocycles. The van der Waals surface area contributed by atoms with Crippen LogP contribution in [-0.4, -0.2) is 31.1 Å². The molecule has 1 aliphatic heterocycles. The summed E-state index contributed by atoms with van der Waals surface area (Å²) in [4.78, 5) is 2.57. The zero-order chi connectivity index (χ0) is 15.2. The van der Waals surface area contributed by atoms with Crippen molar-refractivity contribution in [1.29, 1.82) is 0 Å². The highest BCUT2D eigenvalue weighted by molar-refractivity contribution is 5.85. The summed E-state index contributed by atoms with van der Waals surface area (Å²) in [5.41, 5.74) is 1.35. The summed E-state index contributed by atoms with van der Waals surface area (Å²) < 4.78 is 5.97. The van der Waals surface area contributed by atoms with Gasteiger partial charge in [0.25, 0.3) is 0 Å². The van der Waals surface area contributed by atoms with Gasteiger partial charge in [-0.15, -0.1) is 24.8 Å². The van der Waals surface area contributed by atoms with Crippen LogP contribution >= 0.6 is 24.8 Å². The van der Waals surface area contributed by atoms with Gasteiger partial charge in [-0.25, -0.2) is 0 Å². The first-order chi connectivity index (χ1) is 10.9. The van der Waals surface area contributed by atoms with E-state index in [0.717, 1.165) is 44.1 Å². The number of ether oxygens (including phenoxy) is 1. The Balaban J connectivity index is 0.00000144. The number of piperazine rings is 1. The Morgan fingerprint density at radius 3 is 2.29 bits per heavy atom. The average Bonchev–Trinajstić information content (AvgIpc) is 2.58. The number of nitrogens with zero attached hydrogens (tertiary/aromatic N) is 1. The molecule has 0 spiro atoms. The molecule has 132 valence electrons. The molecular formula is C19H26Cl2N2O. The number of hydrogen-bond acceptors (Lipinski definition) is 3. The maximum Gasteiger partial charge on any atom is 0.127 e. The molecule has 2 aromatic carbocycles. The van der Waals surface area contributed by atoms with E-state index in [-0.39, 0.29) is 24.8 Å². The fourth-order valence-corrected chi connectivity index (χ4v) is 3.11. The predicted molar refractivity (Wildman–Crippen MR) is 105 cm³/mol. The van der Waals surface area contributed by atoms with Gasteiger partial charge in [0.1, 0.15) is 11.5 Å². The lowest BCUT2D eigenvalue weighted by Gasteiger charge is -2.34. The fraction of sp³-hybridized carbons (Fsp3) is 0.368. The third-order valence-electron chi connectivity index (χ3n) is 4.20. The Kier molecular flexibility index (Phi) is 9.16. The minimum Gasteiger partial charge on any atom is -0.457 e. The predicted octanol–water partition coefficient (Wildman–Crippen LogP) is 4.68. The lowest BCUT2D eigenvalue weighted by Crippen LogP contribution is -2.45. The Hall–Kier alpha value is -1.26. The quantitative estimate of drug-likeness (QED) is 0.828. The highest BCUT2D eigenvalue weighted by Crippen LogP contribution is 2.29. The van der Waals surface area contributed by atoms with Gasteiger partial charge in [-0.2, -0.15) is 0 Å².